The molecule has 1 saturated carbocycles. The van der Waals surface area contributed by atoms with E-state index in [9.17, 15) is 4.79 Å². The third kappa shape index (κ3) is 5.15. The number of hydrazone groups is 1. The van der Waals surface area contributed by atoms with Crippen LogP contribution in [0.5, 0.6) is 11.5 Å². The Bertz CT molecular complexity index is 1270. The van der Waals surface area contributed by atoms with Gasteiger partial charge in [-0.3, -0.25) is 9.79 Å². The Morgan fingerprint density at radius 1 is 1.13 bits per heavy atom. The summed E-state index contributed by atoms with van der Waals surface area (Å²) in [6.45, 7) is 7.61. The monoisotopic (exact) mass is 534 g/mol. The first-order chi connectivity index (χ1) is 18.3. The number of nitrogens with one attached hydrogen (secondary N) is 1. The highest BCUT2D eigenvalue weighted by atomic mass is 32.2. The van der Waals surface area contributed by atoms with E-state index >= 15 is 0 Å². The molecule has 0 radical (unpaired) electrons. The summed E-state index contributed by atoms with van der Waals surface area (Å²) in [5.74, 6) is 2.41. The molecule has 202 valence electrons. The minimum Gasteiger partial charge on any atom is -0.493 e. The quantitative estimate of drug-likeness (QED) is 0.337. The highest BCUT2D eigenvalue weighted by Gasteiger charge is 2.35. The van der Waals surface area contributed by atoms with Crippen molar-refractivity contribution in [3.63, 3.8) is 0 Å². The third-order valence-electron chi connectivity index (χ3n) is 7.99. The summed E-state index contributed by atoms with van der Waals surface area (Å²) in [5, 5.41) is 4.43. The van der Waals surface area contributed by atoms with Crippen molar-refractivity contribution in [2.75, 3.05) is 25.7 Å². The maximum absolute atomic E-state index is 11.9. The minimum atomic E-state index is -0.0900. The standard InChI is InChI=1S/C30H38N4O3S/c1-6-26-27(32-33-29(35)38-26)19-11-13-23-22(17-19)30(2,3)15-16-34(23)28(31-21-9-7-8-10-21)20-12-14-24(36-4)25(18-20)37-5/h11-14,17-18,21,26H,6-10,15-16H2,1-5H3,(H,33,35)/b31-28-. The number of amides is 1. The first-order valence-corrected chi connectivity index (χ1v) is 14.5. The van der Waals surface area contributed by atoms with E-state index in [0.717, 1.165) is 54.9 Å². The predicted octanol–water partition coefficient (Wildman–Crippen LogP) is 6.52. The molecule has 2 heterocycles. The highest BCUT2D eigenvalue weighted by Crippen LogP contribution is 2.42. The summed E-state index contributed by atoms with van der Waals surface area (Å²) in [5.41, 5.74) is 8.15. The van der Waals surface area contributed by atoms with E-state index in [4.69, 9.17) is 14.5 Å². The van der Waals surface area contributed by atoms with E-state index in [-0.39, 0.29) is 15.9 Å². The van der Waals surface area contributed by atoms with E-state index in [2.05, 4.69) is 60.5 Å². The summed E-state index contributed by atoms with van der Waals surface area (Å²) in [4.78, 5) is 19.7. The molecule has 0 aromatic heterocycles. The van der Waals surface area contributed by atoms with E-state index < -0.39 is 0 Å². The van der Waals surface area contributed by atoms with Crippen molar-refractivity contribution < 1.29 is 14.3 Å². The largest absolute Gasteiger partial charge is 0.493 e. The molecule has 0 bridgehead atoms. The van der Waals surface area contributed by atoms with Gasteiger partial charge in [-0.15, -0.1) is 0 Å². The highest BCUT2D eigenvalue weighted by molar-refractivity contribution is 8.14. The molecule has 1 atom stereocenters. The third-order valence-corrected chi connectivity index (χ3v) is 9.14. The summed E-state index contributed by atoms with van der Waals surface area (Å²) in [6, 6.07) is 13.1. The molecule has 5 rings (SSSR count). The predicted molar refractivity (Wildman–Crippen MR) is 157 cm³/mol. The number of carbonyl (C=O) groups is 1. The number of thioether (sulfide) groups is 1. The van der Waals surface area contributed by atoms with Gasteiger partial charge in [0.2, 0.25) is 0 Å². The number of fused-ring (bicyclic) bond motifs is 1. The molecular weight excluding hydrogens is 496 g/mol. The van der Waals surface area contributed by atoms with Gasteiger partial charge in [0, 0.05) is 17.8 Å². The topological polar surface area (TPSA) is 75.5 Å². The van der Waals surface area contributed by atoms with Crippen molar-refractivity contribution >= 4 is 34.2 Å². The molecule has 8 heteroatoms. The zero-order valence-corrected chi connectivity index (χ0v) is 23.9. The van der Waals surface area contributed by atoms with Crippen molar-refractivity contribution in [1.29, 1.82) is 0 Å². The van der Waals surface area contributed by atoms with Crippen molar-refractivity contribution in [2.45, 2.75) is 76.0 Å². The molecule has 0 spiro atoms. The molecule has 7 nitrogen and oxygen atoms in total. The molecule has 38 heavy (non-hydrogen) atoms. The smallest absolute Gasteiger partial charge is 0.299 e. The molecule has 1 unspecified atom stereocenters. The van der Waals surface area contributed by atoms with Gasteiger partial charge in [-0.2, -0.15) is 5.10 Å². The first kappa shape index (κ1) is 26.6. The lowest BCUT2D eigenvalue weighted by molar-refractivity contribution is 0.260. The van der Waals surface area contributed by atoms with Crippen LogP contribution < -0.4 is 19.8 Å². The average molecular weight is 535 g/mol. The number of carbonyl (C=O) groups excluding carboxylic acids is 1. The number of rotatable bonds is 6. The van der Waals surface area contributed by atoms with E-state index in [0.29, 0.717) is 17.5 Å². The second kappa shape index (κ2) is 11.0. The fraction of sp³-hybridized carbons (Fsp3) is 0.500. The molecule has 1 N–H and O–H groups in total. The molecule has 2 aromatic carbocycles. The summed E-state index contributed by atoms with van der Waals surface area (Å²) in [6.07, 6.45) is 6.56. The number of nitrogens with zero attached hydrogens (tertiary/aromatic N) is 3. The minimum absolute atomic E-state index is 0.00869. The molecule has 0 saturated heterocycles. The lowest BCUT2D eigenvalue weighted by Crippen LogP contribution is -2.42. The average Bonchev–Trinajstić information content (AvgIpc) is 3.45. The van der Waals surface area contributed by atoms with Crippen LogP contribution in [0.1, 0.15) is 76.0 Å². The summed E-state index contributed by atoms with van der Waals surface area (Å²) >= 11 is 1.32. The van der Waals surface area contributed by atoms with Crippen LogP contribution in [0.25, 0.3) is 0 Å². The Labute approximate surface area is 230 Å². The molecule has 1 fully saturated rings. The lowest BCUT2D eigenvalue weighted by Gasteiger charge is -2.41. The van der Waals surface area contributed by atoms with Crippen LogP contribution in [0, 0.1) is 0 Å². The van der Waals surface area contributed by atoms with Crippen LogP contribution in [0.4, 0.5) is 10.5 Å². The molecule has 2 aliphatic heterocycles. The van der Waals surface area contributed by atoms with Crippen molar-refractivity contribution in [2.24, 2.45) is 10.1 Å². The van der Waals surface area contributed by atoms with Crippen LogP contribution in [0.15, 0.2) is 46.5 Å². The van der Waals surface area contributed by atoms with Gasteiger partial charge in [0.1, 0.15) is 5.84 Å². The summed E-state index contributed by atoms with van der Waals surface area (Å²) in [7, 11) is 3.34. The SMILES string of the molecule is CCC1SC(=O)NN=C1c1ccc2c(c1)C(C)(C)CCN2/C(=N\C1CCCC1)c1ccc(OC)c(OC)c1. The number of amidine groups is 1. The van der Waals surface area contributed by atoms with Gasteiger partial charge in [-0.1, -0.05) is 51.4 Å². The van der Waals surface area contributed by atoms with Gasteiger partial charge in [0.05, 0.1) is 31.2 Å². The number of hydrogen-bond acceptors (Lipinski definition) is 6. The fourth-order valence-electron chi connectivity index (χ4n) is 5.74. The van der Waals surface area contributed by atoms with E-state index in [1.54, 1.807) is 14.2 Å². The van der Waals surface area contributed by atoms with Gasteiger partial charge >= 0.3 is 0 Å². The van der Waals surface area contributed by atoms with Crippen LogP contribution in [-0.4, -0.2) is 48.8 Å². The molecule has 2 aromatic rings. The van der Waals surface area contributed by atoms with Crippen molar-refractivity contribution in [1.82, 2.24) is 5.43 Å². The zero-order chi connectivity index (χ0) is 26.9. The Morgan fingerprint density at radius 3 is 2.61 bits per heavy atom. The maximum atomic E-state index is 11.9. The molecule has 1 aliphatic carbocycles. The lowest BCUT2D eigenvalue weighted by atomic mass is 9.76. The number of benzene rings is 2. The number of hydrogen-bond donors (Lipinski definition) is 1. The van der Waals surface area contributed by atoms with Crippen LogP contribution >= 0.6 is 11.8 Å². The molecule has 3 aliphatic rings. The first-order valence-electron chi connectivity index (χ1n) is 13.6. The number of aliphatic imine (C=N–C) groups is 1. The maximum Gasteiger partial charge on any atom is 0.299 e. The Morgan fingerprint density at radius 2 is 1.89 bits per heavy atom. The van der Waals surface area contributed by atoms with Crippen LogP contribution in [-0.2, 0) is 5.41 Å². The van der Waals surface area contributed by atoms with E-state index in [1.165, 1.54) is 35.9 Å². The number of anilines is 1. The number of ether oxygens (including phenoxy) is 2. The van der Waals surface area contributed by atoms with E-state index in [1.807, 2.05) is 12.1 Å². The normalized spacial score (nSPS) is 21.6. The molecule has 1 amide bonds. The summed E-state index contributed by atoms with van der Waals surface area (Å²) < 4.78 is 11.2. The second-order valence-electron chi connectivity index (χ2n) is 10.9. The molecular formula is C30H38N4O3S. The zero-order valence-electron chi connectivity index (χ0n) is 23.0. The van der Waals surface area contributed by atoms with Gasteiger partial charge in [-0.05, 0) is 72.6 Å². The van der Waals surface area contributed by atoms with Gasteiger partial charge in [0.15, 0.2) is 11.5 Å². The number of methoxy groups -OCH3 is 2. The Hall–Kier alpha value is -3.00. The fourth-order valence-corrected chi connectivity index (χ4v) is 6.56. The second-order valence-corrected chi connectivity index (χ2v) is 12.1. The Balaban J connectivity index is 1.60. The van der Waals surface area contributed by atoms with Crippen LogP contribution in [0.2, 0.25) is 0 Å². The van der Waals surface area contributed by atoms with Crippen molar-refractivity contribution in [3.8, 4) is 11.5 Å². The van der Waals surface area contributed by atoms with Crippen molar-refractivity contribution in [3.05, 3.63) is 53.1 Å². The van der Waals surface area contributed by atoms with Gasteiger partial charge < -0.3 is 14.4 Å². The van der Waals surface area contributed by atoms with Gasteiger partial charge in [-0.25, -0.2) is 5.43 Å². The van der Waals surface area contributed by atoms with Gasteiger partial charge in [0.25, 0.3) is 5.24 Å². The van der Waals surface area contributed by atoms with Crippen LogP contribution in [0.3, 0.4) is 0 Å². The Kier molecular flexibility index (Phi) is 7.70.